The molecule has 0 amide bonds. The fraction of sp³-hybridized carbons (Fsp3) is 0.278. The summed E-state index contributed by atoms with van der Waals surface area (Å²) in [6.45, 7) is 3.62. The summed E-state index contributed by atoms with van der Waals surface area (Å²) in [6, 6.07) is 12.8. The third kappa shape index (κ3) is 2.75. The molecule has 1 atom stereocenters. The van der Waals surface area contributed by atoms with E-state index in [4.69, 9.17) is 4.74 Å². The normalized spacial score (nSPS) is 14.5. The Labute approximate surface area is 129 Å². The molecule has 1 unspecified atom stereocenters. The molecule has 0 radical (unpaired) electrons. The van der Waals surface area contributed by atoms with Crippen LogP contribution < -0.4 is 10.1 Å². The van der Waals surface area contributed by atoms with Crippen molar-refractivity contribution in [3.63, 3.8) is 0 Å². The highest BCUT2D eigenvalue weighted by Crippen LogP contribution is 2.30. The Morgan fingerprint density at radius 1 is 1.23 bits per heavy atom. The molecule has 114 valence electrons. The third-order valence-corrected chi connectivity index (χ3v) is 3.87. The zero-order valence-corrected chi connectivity index (χ0v) is 12.5. The Morgan fingerprint density at radius 2 is 2.05 bits per heavy atom. The van der Waals surface area contributed by atoms with Crippen LogP contribution >= 0.6 is 0 Å². The van der Waals surface area contributed by atoms with Crippen LogP contribution in [0.15, 0.2) is 42.5 Å². The molecule has 4 heteroatoms. The molecule has 0 aliphatic carbocycles. The van der Waals surface area contributed by atoms with Crippen LogP contribution in [0.2, 0.25) is 0 Å². The molecule has 3 rings (SSSR count). The SMILES string of the molecule is CCNCC(O)c1ccc2c(c1)C(=O)c1ccccc1CO2. The molecule has 0 saturated carbocycles. The predicted molar refractivity (Wildman–Crippen MR) is 84.2 cm³/mol. The minimum Gasteiger partial charge on any atom is -0.488 e. The Morgan fingerprint density at radius 3 is 2.86 bits per heavy atom. The maximum atomic E-state index is 12.7. The van der Waals surface area contributed by atoms with Crippen molar-refractivity contribution in [2.24, 2.45) is 0 Å². The van der Waals surface area contributed by atoms with Crippen LogP contribution in [-0.4, -0.2) is 24.0 Å². The van der Waals surface area contributed by atoms with Crippen molar-refractivity contribution in [1.29, 1.82) is 0 Å². The summed E-state index contributed by atoms with van der Waals surface area (Å²) in [5.41, 5.74) is 2.78. The average Bonchev–Trinajstić information content (AvgIpc) is 2.70. The van der Waals surface area contributed by atoms with Crippen LogP contribution in [0.25, 0.3) is 0 Å². The molecule has 1 aliphatic heterocycles. The number of ether oxygens (including phenoxy) is 1. The Hall–Kier alpha value is -2.17. The van der Waals surface area contributed by atoms with Gasteiger partial charge in [-0.2, -0.15) is 0 Å². The quantitative estimate of drug-likeness (QED) is 0.910. The van der Waals surface area contributed by atoms with Gasteiger partial charge in [0.2, 0.25) is 0 Å². The lowest BCUT2D eigenvalue weighted by Crippen LogP contribution is -2.21. The summed E-state index contributed by atoms with van der Waals surface area (Å²) in [7, 11) is 0. The maximum Gasteiger partial charge on any atom is 0.197 e. The molecule has 4 nitrogen and oxygen atoms in total. The van der Waals surface area contributed by atoms with Crippen LogP contribution in [0.3, 0.4) is 0 Å². The van der Waals surface area contributed by atoms with Gasteiger partial charge in [0.25, 0.3) is 0 Å². The topological polar surface area (TPSA) is 58.6 Å². The summed E-state index contributed by atoms with van der Waals surface area (Å²) in [4.78, 5) is 12.7. The van der Waals surface area contributed by atoms with E-state index in [0.29, 0.717) is 30.0 Å². The number of fused-ring (bicyclic) bond motifs is 2. The first-order chi connectivity index (χ1) is 10.7. The highest BCUT2D eigenvalue weighted by molar-refractivity contribution is 6.12. The van der Waals surface area contributed by atoms with E-state index in [2.05, 4.69) is 5.32 Å². The molecule has 1 heterocycles. The van der Waals surface area contributed by atoms with E-state index in [1.807, 2.05) is 37.3 Å². The fourth-order valence-electron chi connectivity index (χ4n) is 2.63. The largest absolute Gasteiger partial charge is 0.488 e. The number of ketones is 1. The van der Waals surface area contributed by atoms with Crippen molar-refractivity contribution in [1.82, 2.24) is 5.32 Å². The number of carbonyl (C=O) groups is 1. The lowest BCUT2D eigenvalue weighted by atomic mass is 9.96. The van der Waals surface area contributed by atoms with Gasteiger partial charge in [0.15, 0.2) is 5.78 Å². The van der Waals surface area contributed by atoms with Gasteiger partial charge in [-0.1, -0.05) is 37.3 Å². The molecule has 22 heavy (non-hydrogen) atoms. The van der Waals surface area contributed by atoms with Gasteiger partial charge in [-0.3, -0.25) is 4.79 Å². The molecule has 0 saturated heterocycles. The molecule has 0 bridgehead atoms. The van der Waals surface area contributed by atoms with E-state index in [9.17, 15) is 9.90 Å². The Kier molecular flexibility index (Phi) is 4.22. The van der Waals surface area contributed by atoms with E-state index in [0.717, 1.165) is 17.7 Å². The van der Waals surface area contributed by atoms with Crippen molar-refractivity contribution in [2.45, 2.75) is 19.6 Å². The Bertz CT molecular complexity index is 696. The van der Waals surface area contributed by atoms with Crippen molar-refractivity contribution in [3.05, 3.63) is 64.7 Å². The second kappa shape index (κ2) is 6.30. The summed E-state index contributed by atoms with van der Waals surface area (Å²) >= 11 is 0. The molecule has 0 fully saturated rings. The standard InChI is InChI=1S/C18H19NO3/c1-2-19-10-16(20)12-7-8-17-15(9-12)18(21)14-6-4-3-5-13(14)11-22-17/h3-9,16,19-20H,2,10-11H2,1H3. The number of nitrogens with one attached hydrogen (secondary N) is 1. The highest BCUT2D eigenvalue weighted by Gasteiger charge is 2.23. The number of rotatable bonds is 4. The van der Waals surface area contributed by atoms with Crippen molar-refractivity contribution in [3.8, 4) is 5.75 Å². The number of hydrogen-bond acceptors (Lipinski definition) is 4. The van der Waals surface area contributed by atoms with Gasteiger partial charge >= 0.3 is 0 Å². The second-order valence-corrected chi connectivity index (χ2v) is 5.35. The van der Waals surface area contributed by atoms with Gasteiger partial charge in [-0.05, 0) is 24.2 Å². The summed E-state index contributed by atoms with van der Waals surface area (Å²) in [5.74, 6) is 0.515. The zero-order chi connectivity index (χ0) is 15.5. The lowest BCUT2D eigenvalue weighted by molar-refractivity contribution is 0.103. The number of aliphatic hydroxyl groups is 1. The summed E-state index contributed by atoms with van der Waals surface area (Å²) < 4.78 is 5.74. The van der Waals surface area contributed by atoms with E-state index < -0.39 is 6.10 Å². The predicted octanol–water partition coefficient (Wildman–Crippen LogP) is 2.45. The van der Waals surface area contributed by atoms with Crippen LogP contribution in [0.1, 0.15) is 40.1 Å². The van der Waals surface area contributed by atoms with Gasteiger partial charge in [-0.15, -0.1) is 0 Å². The average molecular weight is 297 g/mol. The summed E-state index contributed by atoms with van der Waals surface area (Å²) in [5, 5.41) is 13.3. The van der Waals surface area contributed by atoms with Crippen LogP contribution in [-0.2, 0) is 6.61 Å². The molecule has 2 aromatic carbocycles. The maximum absolute atomic E-state index is 12.7. The van der Waals surface area contributed by atoms with Gasteiger partial charge < -0.3 is 15.2 Å². The van der Waals surface area contributed by atoms with E-state index in [1.54, 1.807) is 12.1 Å². The van der Waals surface area contributed by atoms with Gasteiger partial charge in [0.1, 0.15) is 12.4 Å². The minimum atomic E-state index is -0.642. The molecule has 2 N–H and O–H groups in total. The van der Waals surface area contributed by atoms with Crippen LogP contribution in [0, 0.1) is 0 Å². The van der Waals surface area contributed by atoms with Crippen LogP contribution in [0.4, 0.5) is 0 Å². The van der Waals surface area contributed by atoms with E-state index >= 15 is 0 Å². The molecule has 0 spiro atoms. The van der Waals surface area contributed by atoms with Crippen molar-refractivity contribution in [2.75, 3.05) is 13.1 Å². The summed E-state index contributed by atoms with van der Waals surface area (Å²) in [6.07, 6.45) is -0.642. The zero-order valence-electron chi connectivity index (χ0n) is 12.5. The molecule has 1 aliphatic rings. The lowest BCUT2D eigenvalue weighted by Gasteiger charge is -2.14. The fourth-order valence-corrected chi connectivity index (χ4v) is 2.63. The molecule has 0 aromatic heterocycles. The monoisotopic (exact) mass is 297 g/mol. The first-order valence-electron chi connectivity index (χ1n) is 7.49. The number of benzene rings is 2. The second-order valence-electron chi connectivity index (χ2n) is 5.35. The molecular weight excluding hydrogens is 278 g/mol. The molecule has 2 aromatic rings. The number of hydrogen-bond donors (Lipinski definition) is 2. The first kappa shape index (κ1) is 14.8. The van der Waals surface area contributed by atoms with Gasteiger partial charge in [0, 0.05) is 17.7 Å². The van der Waals surface area contributed by atoms with Gasteiger partial charge in [0.05, 0.1) is 11.7 Å². The van der Waals surface area contributed by atoms with Crippen molar-refractivity contribution < 1.29 is 14.6 Å². The third-order valence-electron chi connectivity index (χ3n) is 3.87. The van der Waals surface area contributed by atoms with E-state index in [-0.39, 0.29) is 5.78 Å². The van der Waals surface area contributed by atoms with Gasteiger partial charge in [-0.25, -0.2) is 0 Å². The number of aliphatic hydroxyl groups excluding tert-OH is 1. The number of likely N-dealkylation sites (N-methyl/N-ethyl adjacent to an activating group) is 1. The minimum absolute atomic E-state index is 0.0550. The van der Waals surface area contributed by atoms with Crippen molar-refractivity contribution >= 4 is 5.78 Å². The molecular formula is C18H19NO3. The Balaban J connectivity index is 1.97. The van der Waals surface area contributed by atoms with Crippen LogP contribution in [0.5, 0.6) is 5.75 Å². The number of carbonyl (C=O) groups excluding carboxylic acids is 1. The first-order valence-corrected chi connectivity index (χ1v) is 7.49. The smallest absolute Gasteiger partial charge is 0.197 e. The highest BCUT2D eigenvalue weighted by atomic mass is 16.5. The van der Waals surface area contributed by atoms with E-state index in [1.165, 1.54) is 0 Å².